The largest absolute Gasteiger partial charge is 0.345 e. The quantitative estimate of drug-likeness (QED) is 0.821. The second-order valence-corrected chi connectivity index (χ2v) is 5.56. The van der Waals surface area contributed by atoms with Gasteiger partial charge < -0.3 is 10.6 Å². The number of anilines is 2. The number of carbonyl (C=O) groups is 1. The van der Waals surface area contributed by atoms with E-state index in [-0.39, 0.29) is 17.2 Å². The van der Waals surface area contributed by atoms with Crippen LogP contribution >= 0.6 is 0 Å². The molecule has 6 heteroatoms. The third-order valence-corrected chi connectivity index (χ3v) is 3.65. The molecule has 0 bridgehead atoms. The van der Waals surface area contributed by atoms with Crippen LogP contribution in [-0.4, -0.2) is 5.91 Å². The van der Waals surface area contributed by atoms with Gasteiger partial charge in [-0.1, -0.05) is 23.8 Å². The van der Waals surface area contributed by atoms with Crippen molar-refractivity contribution in [2.24, 2.45) is 0 Å². The smallest absolute Gasteiger partial charge is 0.255 e. The highest BCUT2D eigenvalue weighted by atomic mass is 16.1. The first-order valence-corrected chi connectivity index (χ1v) is 7.68. The third kappa shape index (κ3) is 4.26. The number of allylic oxidation sites excluding steroid dienone is 2. The average molecular weight is 341 g/mol. The van der Waals surface area contributed by atoms with E-state index in [0.717, 1.165) is 11.1 Å². The van der Waals surface area contributed by atoms with E-state index in [1.807, 2.05) is 26.0 Å². The van der Waals surface area contributed by atoms with Crippen LogP contribution in [0.2, 0.25) is 0 Å². The molecule has 0 spiro atoms. The Hall–Kier alpha value is -4.08. The second-order valence-electron chi connectivity index (χ2n) is 5.56. The van der Waals surface area contributed by atoms with E-state index in [0.29, 0.717) is 16.9 Å². The zero-order valence-corrected chi connectivity index (χ0v) is 14.3. The molecule has 0 radical (unpaired) electrons. The molecule has 0 unspecified atom stereocenters. The lowest BCUT2D eigenvalue weighted by Gasteiger charge is -2.12. The summed E-state index contributed by atoms with van der Waals surface area (Å²) in [7, 11) is 0. The summed E-state index contributed by atoms with van der Waals surface area (Å²) in [6.45, 7) is 3.78. The molecule has 0 heterocycles. The summed E-state index contributed by atoms with van der Waals surface area (Å²) in [5.74, 6) is -0.254. The molecule has 1 amide bonds. The van der Waals surface area contributed by atoms with Crippen LogP contribution in [0.15, 0.2) is 53.7 Å². The summed E-state index contributed by atoms with van der Waals surface area (Å²) >= 11 is 0. The molecule has 26 heavy (non-hydrogen) atoms. The fourth-order valence-electron chi connectivity index (χ4n) is 2.16. The number of nitriles is 3. The molecule has 0 saturated heterocycles. The molecule has 0 aliphatic carbocycles. The summed E-state index contributed by atoms with van der Waals surface area (Å²) in [5.41, 5.74) is 3.02. The van der Waals surface area contributed by atoms with Crippen molar-refractivity contribution in [3.05, 3.63) is 70.4 Å². The maximum atomic E-state index is 12.4. The maximum absolute atomic E-state index is 12.4. The van der Waals surface area contributed by atoms with Crippen molar-refractivity contribution in [1.82, 2.24) is 0 Å². The van der Waals surface area contributed by atoms with Gasteiger partial charge in [-0.05, 0) is 43.7 Å². The summed E-state index contributed by atoms with van der Waals surface area (Å²) in [5, 5.41) is 32.5. The fraction of sp³-hybridized carbons (Fsp3) is 0.100. The topological polar surface area (TPSA) is 112 Å². The summed E-state index contributed by atoms with van der Waals surface area (Å²) in [6.07, 6.45) is 0. The molecular formula is C20H15N5O. The van der Waals surface area contributed by atoms with Crippen molar-refractivity contribution >= 4 is 17.3 Å². The Bertz CT molecular complexity index is 982. The molecule has 2 rings (SSSR count). The molecule has 126 valence electrons. The molecular weight excluding hydrogens is 326 g/mol. The molecule has 0 aromatic heterocycles. The van der Waals surface area contributed by atoms with Crippen LogP contribution in [0.5, 0.6) is 0 Å². The van der Waals surface area contributed by atoms with E-state index in [1.54, 1.807) is 48.5 Å². The Labute approximate surface area is 151 Å². The number of aryl methyl sites for hydroxylation is 2. The lowest BCUT2D eigenvalue weighted by Crippen LogP contribution is -2.13. The Morgan fingerprint density at radius 2 is 1.54 bits per heavy atom. The van der Waals surface area contributed by atoms with Crippen LogP contribution in [0.25, 0.3) is 0 Å². The van der Waals surface area contributed by atoms with Crippen LogP contribution in [0, 0.1) is 47.8 Å². The van der Waals surface area contributed by atoms with Crippen molar-refractivity contribution in [1.29, 1.82) is 15.8 Å². The van der Waals surface area contributed by atoms with Crippen molar-refractivity contribution in [3.8, 4) is 18.2 Å². The monoisotopic (exact) mass is 341 g/mol. The number of hydrogen-bond acceptors (Lipinski definition) is 5. The van der Waals surface area contributed by atoms with Gasteiger partial charge in [-0.15, -0.1) is 0 Å². The van der Waals surface area contributed by atoms with Gasteiger partial charge in [-0.3, -0.25) is 4.79 Å². The average Bonchev–Trinajstić information content (AvgIpc) is 2.64. The Morgan fingerprint density at radius 1 is 0.885 bits per heavy atom. The van der Waals surface area contributed by atoms with Crippen molar-refractivity contribution in [2.45, 2.75) is 13.8 Å². The normalized spacial score (nSPS) is 9.19. The van der Waals surface area contributed by atoms with Crippen LogP contribution in [-0.2, 0) is 0 Å². The number of carbonyl (C=O) groups excluding carboxylic acids is 1. The summed E-state index contributed by atoms with van der Waals surface area (Å²) in [4.78, 5) is 12.4. The standard InChI is InChI=1S/C20H15N5O/c1-13-3-6-15(7-4-13)20(26)25-18-9-17(8-5-14(18)2)24-19(12-23)16(10-21)11-22/h3-9,24H,1-2H3,(H,25,26). The van der Waals surface area contributed by atoms with Crippen LogP contribution in [0.1, 0.15) is 21.5 Å². The van der Waals surface area contributed by atoms with E-state index in [1.165, 1.54) is 0 Å². The van der Waals surface area contributed by atoms with Gasteiger partial charge in [0.25, 0.3) is 5.91 Å². The first kappa shape index (κ1) is 18.3. The van der Waals surface area contributed by atoms with Crippen molar-refractivity contribution in [2.75, 3.05) is 10.6 Å². The zero-order chi connectivity index (χ0) is 19.1. The summed E-state index contributed by atoms with van der Waals surface area (Å²) < 4.78 is 0. The minimum absolute atomic E-state index is 0.144. The van der Waals surface area contributed by atoms with Gasteiger partial charge in [0.2, 0.25) is 0 Å². The minimum Gasteiger partial charge on any atom is -0.345 e. The molecule has 0 aliphatic rings. The van der Waals surface area contributed by atoms with E-state index in [2.05, 4.69) is 10.6 Å². The summed E-state index contributed by atoms with van der Waals surface area (Å²) in [6, 6.07) is 17.4. The maximum Gasteiger partial charge on any atom is 0.255 e. The third-order valence-electron chi connectivity index (χ3n) is 3.65. The van der Waals surface area contributed by atoms with Gasteiger partial charge in [-0.25, -0.2) is 0 Å². The first-order chi connectivity index (χ1) is 12.5. The minimum atomic E-state index is -0.307. The van der Waals surface area contributed by atoms with Gasteiger partial charge in [0, 0.05) is 16.9 Å². The molecule has 2 N–H and O–H groups in total. The molecule has 0 fully saturated rings. The molecule has 0 atom stereocenters. The predicted molar refractivity (Wildman–Crippen MR) is 97.8 cm³/mol. The van der Waals surface area contributed by atoms with Gasteiger partial charge in [0.15, 0.2) is 5.57 Å². The molecule has 6 nitrogen and oxygen atoms in total. The molecule has 0 saturated carbocycles. The lowest BCUT2D eigenvalue weighted by molar-refractivity contribution is 0.102. The highest BCUT2D eigenvalue weighted by molar-refractivity contribution is 6.04. The number of hydrogen-bond donors (Lipinski definition) is 2. The van der Waals surface area contributed by atoms with Gasteiger partial charge in [-0.2, -0.15) is 15.8 Å². The Balaban J connectivity index is 2.28. The number of nitrogens with one attached hydrogen (secondary N) is 2. The van der Waals surface area contributed by atoms with E-state index >= 15 is 0 Å². The highest BCUT2D eigenvalue weighted by Crippen LogP contribution is 2.22. The SMILES string of the molecule is Cc1ccc(C(=O)Nc2cc(NC(C#N)=C(C#N)C#N)ccc2C)cc1. The Morgan fingerprint density at radius 3 is 2.12 bits per heavy atom. The van der Waals surface area contributed by atoms with E-state index in [4.69, 9.17) is 15.8 Å². The number of nitrogens with zero attached hydrogens (tertiary/aromatic N) is 3. The van der Waals surface area contributed by atoms with Crippen LogP contribution in [0.4, 0.5) is 11.4 Å². The van der Waals surface area contributed by atoms with E-state index in [9.17, 15) is 4.79 Å². The van der Waals surface area contributed by atoms with Crippen LogP contribution in [0.3, 0.4) is 0 Å². The number of rotatable bonds is 4. The predicted octanol–water partition coefficient (Wildman–Crippen LogP) is 3.79. The van der Waals surface area contributed by atoms with Gasteiger partial charge in [0.1, 0.15) is 23.9 Å². The highest BCUT2D eigenvalue weighted by Gasteiger charge is 2.10. The van der Waals surface area contributed by atoms with Gasteiger partial charge >= 0.3 is 0 Å². The van der Waals surface area contributed by atoms with Gasteiger partial charge in [0.05, 0.1) is 0 Å². The Kier molecular flexibility index (Phi) is 5.72. The molecule has 2 aromatic carbocycles. The second kappa shape index (κ2) is 8.15. The lowest BCUT2D eigenvalue weighted by atomic mass is 10.1. The van der Waals surface area contributed by atoms with E-state index < -0.39 is 0 Å². The number of benzene rings is 2. The van der Waals surface area contributed by atoms with Crippen LogP contribution < -0.4 is 10.6 Å². The van der Waals surface area contributed by atoms with Crippen molar-refractivity contribution < 1.29 is 4.79 Å². The fourth-order valence-corrected chi connectivity index (χ4v) is 2.16. The zero-order valence-electron chi connectivity index (χ0n) is 14.3. The first-order valence-electron chi connectivity index (χ1n) is 7.68. The van der Waals surface area contributed by atoms with Crippen molar-refractivity contribution in [3.63, 3.8) is 0 Å². The number of amides is 1. The molecule has 2 aromatic rings. The molecule has 0 aliphatic heterocycles.